The van der Waals surface area contributed by atoms with Crippen LogP contribution in [0.15, 0.2) is 23.1 Å². The summed E-state index contributed by atoms with van der Waals surface area (Å²) in [5.41, 5.74) is 0. The van der Waals surface area contributed by atoms with Gasteiger partial charge in [-0.15, -0.1) is 0 Å². The van der Waals surface area contributed by atoms with Crippen LogP contribution in [0.5, 0.6) is 11.5 Å². The second-order valence-electron chi connectivity index (χ2n) is 6.89. The van der Waals surface area contributed by atoms with Crippen LogP contribution in [-0.2, 0) is 24.7 Å². The number of ether oxygens (including phenoxy) is 2. The highest BCUT2D eigenvalue weighted by atomic mass is 32.2. The molecule has 164 valence electrons. The van der Waals surface area contributed by atoms with Gasteiger partial charge in [0.25, 0.3) is 0 Å². The standard InChI is InChI=1S/C18H27NO8S2/c1-26-15-7-8-17(16(12-15)27-2)29(24,25)19(10-5-3-4-6-18(20)21)14-9-11-28(22,23)13-14/h7-8,12,14H,3-6,9-11,13H2,1-2H3,(H,20,21)/t14-/m0/s1. The molecule has 1 atom stereocenters. The highest BCUT2D eigenvalue weighted by Gasteiger charge is 2.39. The van der Waals surface area contributed by atoms with Crippen molar-refractivity contribution in [2.24, 2.45) is 0 Å². The molecule has 1 fully saturated rings. The lowest BCUT2D eigenvalue weighted by Gasteiger charge is -2.28. The number of carboxylic acids is 1. The van der Waals surface area contributed by atoms with Crippen LogP contribution in [0.4, 0.5) is 0 Å². The molecular formula is C18H27NO8S2. The van der Waals surface area contributed by atoms with Gasteiger partial charge in [0, 0.05) is 25.1 Å². The second-order valence-corrected chi connectivity index (χ2v) is 11.0. The van der Waals surface area contributed by atoms with E-state index in [9.17, 15) is 21.6 Å². The average Bonchev–Trinajstić information content (AvgIpc) is 3.02. The molecule has 9 nitrogen and oxygen atoms in total. The number of methoxy groups -OCH3 is 2. The highest BCUT2D eigenvalue weighted by Crippen LogP contribution is 2.33. The van der Waals surface area contributed by atoms with Crippen LogP contribution in [0.1, 0.15) is 32.1 Å². The largest absolute Gasteiger partial charge is 0.497 e. The Labute approximate surface area is 171 Å². The van der Waals surface area contributed by atoms with E-state index in [-0.39, 0.29) is 41.5 Å². The maximum atomic E-state index is 13.4. The normalized spacial score (nSPS) is 18.7. The fourth-order valence-electron chi connectivity index (χ4n) is 3.34. The van der Waals surface area contributed by atoms with Crippen molar-refractivity contribution in [2.45, 2.75) is 43.0 Å². The van der Waals surface area contributed by atoms with Gasteiger partial charge in [0.1, 0.15) is 16.4 Å². The van der Waals surface area contributed by atoms with Gasteiger partial charge in [0.05, 0.1) is 25.7 Å². The molecule has 0 aliphatic carbocycles. The van der Waals surface area contributed by atoms with E-state index in [4.69, 9.17) is 14.6 Å². The minimum Gasteiger partial charge on any atom is -0.497 e. The molecule has 0 radical (unpaired) electrons. The Morgan fingerprint density at radius 2 is 1.93 bits per heavy atom. The first kappa shape index (κ1) is 23.4. The number of nitrogens with zero attached hydrogens (tertiary/aromatic N) is 1. The zero-order valence-corrected chi connectivity index (χ0v) is 18.2. The maximum absolute atomic E-state index is 13.4. The summed E-state index contributed by atoms with van der Waals surface area (Å²) in [7, 11) is -4.52. The fourth-order valence-corrected chi connectivity index (χ4v) is 6.99. The third kappa shape index (κ3) is 6.06. The van der Waals surface area contributed by atoms with Gasteiger partial charge in [-0.05, 0) is 31.4 Å². The van der Waals surface area contributed by atoms with Crippen LogP contribution in [0.25, 0.3) is 0 Å². The first-order valence-electron chi connectivity index (χ1n) is 9.27. The summed E-state index contributed by atoms with van der Waals surface area (Å²) >= 11 is 0. The second kappa shape index (κ2) is 9.77. The molecular weight excluding hydrogens is 422 g/mol. The van der Waals surface area contributed by atoms with E-state index in [1.165, 1.54) is 36.7 Å². The quantitative estimate of drug-likeness (QED) is 0.504. The fraction of sp³-hybridized carbons (Fsp3) is 0.611. The summed E-state index contributed by atoms with van der Waals surface area (Å²) in [5.74, 6) is -0.632. The predicted molar refractivity (Wildman–Crippen MR) is 107 cm³/mol. The number of hydrogen-bond acceptors (Lipinski definition) is 7. The Kier molecular flexibility index (Phi) is 7.89. The number of hydrogen-bond donors (Lipinski definition) is 1. The summed E-state index contributed by atoms with van der Waals surface area (Å²) in [6, 6.07) is 3.69. The monoisotopic (exact) mass is 449 g/mol. The van der Waals surface area contributed by atoms with E-state index >= 15 is 0 Å². The predicted octanol–water partition coefficient (Wildman–Crippen LogP) is 1.53. The average molecular weight is 450 g/mol. The van der Waals surface area contributed by atoms with E-state index in [1.807, 2.05) is 0 Å². The molecule has 1 heterocycles. The Bertz CT molecular complexity index is 927. The van der Waals surface area contributed by atoms with Crippen molar-refractivity contribution in [3.05, 3.63) is 18.2 Å². The van der Waals surface area contributed by atoms with Crippen LogP contribution in [0.2, 0.25) is 0 Å². The molecule has 29 heavy (non-hydrogen) atoms. The van der Waals surface area contributed by atoms with E-state index in [2.05, 4.69) is 0 Å². The van der Waals surface area contributed by atoms with Gasteiger partial charge in [-0.3, -0.25) is 4.79 Å². The molecule has 1 aliphatic heterocycles. The summed E-state index contributed by atoms with van der Waals surface area (Å²) in [4.78, 5) is 10.6. The van der Waals surface area contributed by atoms with Crippen molar-refractivity contribution in [2.75, 3.05) is 32.3 Å². The first-order valence-corrected chi connectivity index (χ1v) is 12.5. The molecule has 1 aromatic rings. The molecule has 1 saturated heterocycles. The van der Waals surface area contributed by atoms with Crippen LogP contribution in [0.3, 0.4) is 0 Å². The van der Waals surface area contributed by atoms with E-state index in [0.29, 0.717) is 25.0 Å². The van der Waals surface area contributed by atoms with Crippen LogP contribution < -0.4 is 9.47 Å². The molecule has 0 saturated carbocycles. The Morgan fingerprint density at radius 3 is 2.48 bits per heavy atom. The number of unbranched alkanes of at least 4 members (excludes halogenated alkanes) is 2. The number of carbonyl (C=O) groups is 1. The number of carboxylic acid groups (broad SMARTS) is 1. The van der Waals surface area contributed by atoms with Gasteiger partial charge >= 0.3 is 5.97 Å². The van der Waals surface area contributed by atoms with Gasteiger partial charge in [-0.25, -0.2) is 16.8 Å². The number of sulfonamides is 1. The Morgan fingerprint density at radius 1 is 1.21 bits per heavy atom. The SMILES string of the molecule is COc1ccc(S(=O)(=O)N(CCCCCC(=O)O)[C@H]2CCS(=O)(=O)C2)c(OC)c1. The van der Waals surface area contributed by atoms with E-state index in [0.717, 1.165) is 0 Å². The summed E-state index contributed by atoms with van der Waals surface area (Å²) in [6.07, 6.45) is 1.63. The smallest absolute Gasteiger partial charge is 0.303 e. The number of sulfone groups is 1. The van der Waals surface area contributed by atoms with Crippen molar-refractivity contribution in [3.63, 3.8) is 0 Å². The number of rotatable bonds is 11. The lowest BCUT2D eigenvalue weighted by molar-refractivity contribution is -0.137. The molecule has 0 aromatic heterocycles. The molecule has 2 rings (SSSR count). The third-order valence-electron chi connectivity index (χ3n) is 4.84. The third-order valence-corrected chi connectivity index (χ3v) is 8.58. The molecule has 1 aromatic carbocycles. The lowest BCUT2D eigenvalue weighted by Crippen LogP contribution is -2.41. The van der Waals surface area contributed by atoms with Gasteiger partial charge in [0.2, 0.25) is 10.0 Å². The molecule has 0 bridgehead atoms. The highest BCUT2D eigenvalue weighted by molar-refractivity contribution is 7.92. The molecule has 11 heteroatoms. The van der Waals surface area contributed by atoms with Crippen molar-refractivity contribution < 1.29 is 36.2 Å². The van der Waals surface area contributed by atoms with E-state index in [1.54, 1.807) is 0 Å². The minimum absolute atomic E-state index is 0.0108. The van der Waals surface area contributed by atoms with Crippen LogP contribution >= 0.6 is 0 Å². The van der Waals surface area contributed by atoms with Crippen molar-refractivity contribution in [3.8, 4) is 11.5 Å². The molecule has 0 spiro atoms. The van der Waals surface area contributed by atoms with Crippen LogP contribution in [-0.4, -0.2) is 70.5 Å². The number of benzene rings is 1. The van der Waals surface area contributed by atoms with Gasteiger partial charge < -0.3 is 14.6 Å². The van der Waals surface area contributed by atoms with Gasteiger partial charge in [-0.2, -0.15) is 4.31 Å². The minimum atomic E-state index is -4.03. The first-order chi connectivity index (χ1) is 13.6. The van der Waals surface area contributed by atoms with E-state index < -0.39 is 31.9 Å². The summed E-state index contributed by atoms with van der Waals surface area (Å²) < 4.78 is 62.2. The zero-order valence-electron chi connectivity index (χ0n) is 16.5. The topological polar surface area (TPSA) is 127 Å². The van der Waals surface area contributed by atoms with Crippen LogP contribution in [0, 0.1) is 0 Å². The number of aliphatic carboxylic acids is 1. The summed E-state index contributed by atoms with van der Waals surface area (Å²) in [5, 5.41) is 8.73. The Hall–Kier alpha value is -1.85. The van der Waals surface area contributed by atoms with Crippen molar-refractivity contribution in [1.29, 1.82) is 0 Å². The lowest BCUT2D eigenvalue weighted by atomic mass is 10.2. The maximum Gasteiger partial charge on any atom is 0.303 e. The molecule has 0 amide bonds. The van der Waals surface area contributed by atoms with Gasteiger partial charge in [0.15, 0.2) is 9.84 Å². The summed E-state index contributed by atoms with van der Waals surface area (Å²) in [6.45, 7) is 0.108. The van der Waals surface area contributed by atoms with Crippen molar-refractivity contribution in [1.82, 2.24) is 4.31 Å². The molecule has 1 N–H and O–H groups in total. The molecule has 1 aliphatic rings. The van der Waals surface area contributed by atoms with Gasteiger partial charge in [-0.1, -0.05) is 6.42 Å². The van der Waals surface area contributed by atoms with Crippen molar-refractivity contribution >= 4 is 25.8 Å². The molecule has 0 unspecified atom stereocenters. The Balaban J connectivity index is 2.30. The zero-order chi connectivity index (χ0) is 21.7.